The van der Waals surface area contributed by atoms with Gasteiger partial charge in [0.25, 0.3) is 0 Å². The molecule has 0 aromatic heterocycles. The van der Waals surface area contributed by atoms with Crippen LogP contribution in [0.15, 0.2) is 60.7 Å². The van der Waals surface area contributed by atoms with Crippen LogP contribution in [0.1, 0.15) is 36.1 Å². The van der Waals surface area contributed by atoms with Crippen molar-refractivity contribution in [1.29, 1.82) is 0 Å². The van der Waals surface area contributed by atoms with Crippen LogP contribution in [0.3, 0.4) is 0 Å². The summed E-state index contributed by atoms with van der Waals surface area (Å²) < 4.78 is 44.0. The summed E-state index contributed by atoms with van der Waals surface area (Å²) >= 11 is 0. The van der Waals surface area contributed by atoms with Crippen molar-refractivity contribution in [2.24, 2.45) is 0 Å². The Morgan fingerprint density at radius 2 is 1.70 bits per heavy atom. The molecule has 5 nitrogen and oxygen atoms in total. The van der Waals surface area contributed by atoms with Gasteiger partial charge < -0.3 is 20.3 Å². The van der Waals surface area contributed by atoms with Crippen LogP contribution in [0.25, 0.3) is 0 Å². The van der Waals surface area contributed by atoms with Crippen LogP contribution in [0.4, 0.5) is 24.5 Å². The Bertz CT molecular complexity index is 1220. The summed E-state index contributed by atoms with van der Waals surface area (Å²) in [5.74, 6) is -1.29. The highest BCUT2D eigenvalue weighted by atomic mass is 19.1. The topological polar surface area (TPSA) is 59.0 Å². The van der Waals surface area contributed by atoms with E-state index in [0.29, 0.717) is 43.6 Å². The summed E-state index contributed by atoms with van der Waals surface area (Å²) in [4.78, 5) is 4.13. The minimum Gasteiger partial charge on any atom is -0.423 e. The standard InChI is InChI=1S/C28H31BF3N3O2/c1-18-12-19-13-20(29(36)37)8-9-24(19)28(35(18)23-6-3-2-4-7-23)27-25(31)14-21(15-26(27)32)33-22-16-34(17-22)11-5-10-30/h2-4,6-9,13-15,18,22,28,33,36-37H,5,10-12,16-17H2,1H3/t18-,28?/m1/s1. The average Bonchev–Trinajstić information content (AvgIpc) is 2.85. The molecule has 37 heavy (non-hydrogen) atoms. The first-order valence-electron chi connectivity index (χ1n) is 12.7. The lowest BCUT2D eigenvalue weighted by Gasteiger charge is -2.44. The molecule has 2 heterocycles. The third kappa shape index (κ3) is 5.21. The molecular weight excluding hydrogens is 478 g/mol. The SMILES string of the molecule is C[C@@H]1Cc2cc(B(O)O)ccc2C(c2c(F)cc(NC3CN(CCCF)C3)cc2F)N1c1ccccc1. The van der Waals surface area contributed by atoms with Gasteiger partial charge in [0.15, 0.2) is 0 Å². The van der Waals surface area contributed by atoms with Gasteiger partial charge in [-0.25, -0.2) is 8.78 Å². The molecule has 2 aliphatic rings. The maximum atomic E-state index is 15.8. The maximum Gasteiger partial charge on any atom is 0.488 e. The zero-order valence-electron chi connectivity index (χ0n) is 20.7. The Labute approximate surface area is 215 Å². The second kappa shape index (κ2) is 10.8. The third-order valence-corrected chi connectivity index (χ3v) is 7.37. The first kappa shape index (κ1) is 25.6. The number of fused-ring (bicyclic) bond motifs is 1. The summed E-state index contributed by atoms with van der Waals surface area (Å²) in [6.07, 6.45) is 1.08. The van der Waals surface area contributed by atoms with E-state index in [0.717, 1.165) is 16.8 Å². The monoisotopic (exact) mass is 509 g/mol. The van der Waals surface area contributed by atoms with Gasteiger partial charge in [-0.1, -0.05) is 36.4 Å². The first-order valence-corrected chi connectivity index (χ1v) is 12.7. The normalized spacial score (nSPS) is 19.9. The molecular formula is C28H31BF3N3O2. The largest absolute Gasteiger partial charge is 0.488 e. The fourth-order valence-electron chi connectivity index (χ4n) is 5.64. The van der Waals surface area contributed by atoms with E-state index < -0.39 is 24.8 Å². The number of likely N-dealkylation sites (tertiary alicyclic amines) is 1. The summed E-state index contributed by atoms with van der Waals surface area (Å²) in [5.41, 5.74) is 3.09. The number of halogens is 3. The molecule has 1 fully saturated rings. The lowest BCUT2D eigenvalue weighted by molar-refractivity contribution is 0.155. The number of rotatable bonds is 8. The van der Waals surface area contributed by atoms with Gasteiger partial charge in [-0.3, -0.25) is 9.29 Å². The smallest absolute Gasteiger partial charge is 0.423 e. The van der Waals surface area contributed by atoms with E-state index in [1.54, 1.807) is 18.2 Å². The number of alkyl halides is 1. The fraction of sp³-hybridized carbons (Fsp3) is 0.357. The highest BCUT2D eigenvalue weighted by Gasteiger charge is 2.37. The lowest BCUT2D eigenvalue weighted by Crippen LogP contribution is -2.54. The number of hydrogen-bond acceptors (Lipinski definition) is 5. The van der Waals surface area contributed by atoms with Gasteiger partial charge in [-0.15, -0.1) is 0 Å². The summed E-state index contributed by atoms with van der Waals surface area (Å²) in [6, 6.07) is 16.5. The molecule has 9 heteroatoms. The molecule has 3 aromatic rings. The number of hydrogen-bond donors (Lipinski definition) is 3. The van der Waals surface area contributed by atoms with Crippen molar-refractivity contribution in [3.8, 4) is 0 Å². The molecule has 2 aliphatic heterocycles. The minimum atomic E-state index is -1.62. The van der Waals surface area contributed by atoms with Crippen LogP contribution in [-0.2, 0) is 6.42 Å². The van der Waals surface area contributed by atoms with Crippen LogP contribution < -0.4 is 15.7 Å². The van der Waals surface area contributed by atoms with Gasteiger partial charge in [0.1, 0.15) is 11.6 Å². The summed E-state index contributed by atoms with van der Waals surface area (Å²) in [6.45, 7) is 3.75. The number of benzene rings is 3. The Hall–Kier alpha value is -3.01. The van der Waals surface area contributed by atoms with Crippen LogP contribution in [0.2, 0.25) is 0 Å². The van der Waals surface area contributed by atoms with E-state index in [1.165, 1.54) is 12.1 Å². The van der Waals surface area contributed by atoms with Gasteiger partial charge in [0, 0.05) is 37.1 Å². The second-order valence-electron chi connectivity index (χ2n) is 10.0. The van der Waals surface area contributed by atoms with Crippen molar-refractivity contribution in [1.82, 2.24) is 4.90 Å². The van der Waals surface area contributed by atoms with Crippen LogP contribution >= 0.6 is 0 Å². The Kier molecular flexibility index (Phi) is 7.46. The van der Waals surface area contributed by atoms with Crippen molar-refractivity contribution in [3.63, 3.8) is 0 Å². The Morgan fingerprint density at radius 3 is 2.35 bits per heavy atom. The Balaban J connectivity index is 1.50. The molecule has 0 bridgehead atoms. The maximum absolute atomic E-state index is 15.8. The van der Waals surface area contributed by atoms with E-state index >= 15 is 8.78 Å². The van der Waals surface area contributed by atoms with Crippen molar-refractivity contribution in [2.45, 2.75) is 37.9 Å². The highest BCUT2D eigenvalue weighted by molar-refractivity contribution is 6.58. The van der Waals surface area contributed by atoms with Crippen molar-refractivity contribution in [2.75, 3.05) is 36.5 Å². The van der Waals surface area contributed by atoms with Crippen LogP contribution in [-0.4, -0.2) is 60.5 Å². The van der Waals surface area contributed by atoms with E-state index in [1.807, 2.05) is 42.2 Å². The van der Waals surface area contributed by atoms with E-state index in [-0.39, 0.29) is 24.3 Å². The number of nitrogens with zero attached hydrogens (tertiary/aromatic N) is 2. The molecule has 0 saturated carbocycles. The third-order valence-electron chi connectivity index (χ3n) is 7.37. The van der Waals surface area contributed by atoms with Crippen LogP contribution in [0.5, 0.6) is 0 Å². The first-order chi connectivity index (χ1) is 17.9. The van der Waals surface area contributed by atoms with Crippen molar-refractivity contribution >= 4 is 24.0 Å². The average molecular weight is 509 g/mol. The minimum absolute atomic E-state index is 0.0438. The van der Waals surface area contributed by atoms with E-state index in [4.69, 9.17) is 0 Å². The molecule has 5 rings (SSSR count). The molecule has 0 aliphatic carbocycles. The molecule has 1 saturated heterocycles. The van der Waals surface area contributed by atoms with E-state index in [9.17, 15) is 14.4 Å². The predicted molar refractivity (Wildman–Crippen MR) is 141 cm³/mol. The quantitative estimate of drug-likeness (QED) is 0.405. The zero-order valence-corrected chi connectivity index (χ0v) is 20.7. The number of nitrogens with one attached hydrogen (secondary N) is 1. The van der Waals surface area contributed by atoms with Crippen molar-refractivity contribution < 1.29 is 23.2 Å². The van der Waals surface area contributed by atoms with Crippen molar-refractivity contribution in [3.05, 3.63) is 89.0 Å². The fourth-order valence-corrected chi connectivity index (χ4v) is 5.64. The molecule has 1 unspecified atom stereocenters. The molecule has 0 spiro atoms. The molecule has 0 amide bonds. The van der Waals surface area contributed by atoms with Gasteiger partial charge in [0.05, 0.1) is 24.3 Å². The van der Waals surface area contributed by atoms with E-state index in [2.05, 4.69) is 10.2 Å². The lowest BCUT2D eigenvalue weighted by atomic mass is 9.75. The Morgan fingerprint density at radius 1 is 1.00 bits per heavy atom. The summed E-state index contributed by atoms with van der Waals surface area (Å²) in [5, 5.41) is 22.6. The number of anilines is 2. The molecule has 3 N–H and O–H groups in total. The molecule has 3 aromatic carbocycles. The van der Waals surface area contributed by atoms with Gasteiger partial charge in [0.2, 0.25) is 0 Å². The molecule has 194 valence electrons. The van der Waals surface area contributed by atoms with Gasteiger partial charge in [-0.2, -0.15) is 0 Å². The predicted octanol–water partition coefficient (Wildman–Crippen LogP) is 3.64. The van der Waals surface area contributed by atoms with Crippen LogP contribution in [0, 0.1) is 11.6 Å². The van der Waals surface area contributed by atoms with Gasteiger partial charge >= 0.3 is 7.12 Å². The number of para-hydroxylation sites is 1. The molecule has 2 atom stereocenters. The highest BCUT2D eigenvalue weighted by Crippen LogP contribution is 2.43. The molecule has 0 radical (unpaired) electrons. The summed E-state index contributed by atoms with van der Waals surface area (Å²) in [7, 11) is -1.62. The second-order valence-corrected chi connectivity index (χ2v) is 10.0. The zero-order chi connectivity index (χ0) is 26.1. The van der Waals surface area contributed by atoms with Gasteiger partial charge in [-0.05, 0) is 60.6 Å².